The predicted molar refractivity (Wildman–Crippen MR) is 96.4 cm³/mol. The Hall–Kier alpha value is -2.29. The van der Waals surface area contributed by atoms with E-state index in [9.17, 15) is 13.2 Å². The highest BCUT2D eigenvalue weighted by Crippen LogP contribution is 2.11. The standard InChI is InChI=1S/C16H24N4O4S/c1-17-16(20-13-7-8-25(22,23)11-13)19-10-15(21)18-9-12-3-5-14(24-2)6-4-12/h3-6,13H,7-11H2,1-2H3,(H,18,21)(H2,17,19,20). The molecule has 1 fully saturated rings. The van der Waals surface area contributed by atoms with Crippen molar-refractivity contribution in [1.29, 1.82) is 0 Å². The van der Waals surface area contributed by atoms with Crippen molar-refractivity contribution in [3.63, 3.8) is 0 Å². The molecule has 138 valence electrons. The first-order valence-corrected chi connectivity index (χ1v) is 9.81. The summed E-state index contributed by atoms with van der Waals surface area (Å²) < 4.78 is 28.0. The molecule has 1 aliphatic rings. The number of ether oxygens (including phenoxy) is 1. The van der Waals surface area contributed by atoms with E-state index >= 15 is 0 Å². The van der Waals surface area contributed by atoms with Crippen molar-refractivity contribution in [1.82, 2.24) is 16.0 Å². The van der Waals surface area contributed by atoms with E-state index in [0.29, 0.717) is 18.9 Å². The number of guanidine groups is 1. The molecule has 0 spiro atoms. The van der Waals surface area contributed by atoms with Crippen LogP contribution in [0.2, 0.25) is 0 Å². The van der Waals surface area contributed by atoms with E-state index < -0.39 is 9.84 Å². The van der Waals surface area contributed by atoms with Crippen molar-refractivity contribution < 1.29 is 17.9 Å². The number of benzene rings is 1. The third-order valence-corrected chi connectivity index (χ3v) is 5.63. The minimum Gasteiger partial charge on any atom is -0.497 e. The molecule has 0 aromatic heterocycles. The zero-order chi connectivity index (χ0) is 18.3. The van der Waals surface area contributed by atoms with Crippen molar-refractivity contribution in [3.8, 4) is 5.75 Å². The van der Waals surface area contributed by atoms with Gasteiger partial charge in [0.1, 0.15) is 5.75 Å². The van der Waals surface area contributed by atoms with Crippen LogP contribution in [0.1, 0.15) is 12.0 Å². The van der Waals surface area contributed by atoms with Gasteiger partial charge in [-0.25, -0.2) is 8.42 Å². The van der Waals surface area contributed by atoms with Gasteiger partial charge in [0, 0.05) is 19.6 Å². The monoisotopic (exact) mass is 368 g/mol. The normalized spacial score (nSPS) is 19.3. The van der Waals surface area contributed by atoms with Gasteiger partial charge in [-0.2, -0.15) is 0 Å². The van der Waals surface area contributed by atoms with Crippen molar-refractivity contribution in [2.75, 3.05) is 32.2 Å². The maximum Gasteiger partial charge on any atom is 0.239 e. The van der Waals surface area contributed by atoms with Crippen molar-refractivity contribution >= 4 is 21.7 Å². The molecule has 9 heteroatoms. The molecule has 1 unspecified atom stereocenters. The zero-order valence-corrected chi connectivity index (χ0v) is 15.2. The lowest BCUT2D eigenvalue weighted by Gasteiger charge is -2.16. The van der Waals surface area contributed by atoms with Crippen LogP contribution in [0.4, 0.5) is 0 Å². The lowest BCUT2D eigenvalue weighted by molar-refractivity contribution is -0.120. The maximum absolute atomic E-state index is 11.9. The first-order valence-electron chi connectivity index (χ1n) is 7.99. The number of carbonyl (C=O) groups excluding carboxylic acids is 1. The quantitative estimate of drug-likeness (QED) is 0.468. The van der Waals surface area contributed by atoms with E-state index in [1.807, 2.05) is 24.3 Å². The third kappa shape index (κ3) is 6.26. The van der Waals surface area contributed by atoms with Gasteiger partial charge in [0.25, 0.3) is 0 Å². The van der Waals surface area contributed by atoms with Crippen LogP contribution >= 0.6 is 0 Å². The molecule has 8 nitrogen and oxygen atoms in total. The molecule has 0 saturated carbocycles. The molecular formula is C16H24N4O4S. The van der Waals surface area contributed by atoms with E-state index in [-0.39, 0.29) is 30.0 Å². The Kier molecular flexibility index (Phi) is 6.63. The average Bonchev–Trinajstić information content (AvgIpc) is 2.95. The minimum atomic E-state index is -2.96. The second-order valence-corrected chi connectivity index (χ2v) is 8.02. The third-order valence-electron chi connectivity index (χ3n) is 3.86. The molecule has 1 heterocycles. The Bertz CT molecular complexity index is 716. The van der Waals surface area contributed by atoms with Gasteiger partial charge in [0.05, 0.1) is 25.2 Å². The summed E-state index contributed by atoms with van der Waals surface area (Å²) >= 11 is 0. The maximum atomic E-state index is 11.9. The van der Waals surface area contributed by atoms with Gasteiger partial charge in [-0.3, -0.25) is 9.79 Å². The van der Waals surface area contributed by atoms with Gasteiger partial charge in [0.2, 0.25) is 5.91 Å². The molecule has 1 aromatic rings. The number of amides is 1. The Morgan fingerprint density at radius 3 is 2.56 bits per heavy atom. The smallest absolute Gasteiger partial charge is 0.239 e. The topological polar surface area (TPSA) is 109 Å². The molecule has 1 aliphatic heterocycles. The molecular weight excluding hydrogens is 344 g/mol. The molecule has 0 aliphatic carbocycles. The van der Waals surface area contributed by atoms with Crippen LogP contribution in [0.25, 0.3) is 0 Å². The summed E-state index contributed by atoms with van der Waals surface area (Å²) in [5.41, 5.74) is 0.966. The van der Waals surface area contributed by atoms with Gasteiger partial charge in [-0.1, -0.05) is 12.1 Å². The van der Waals surface area contributed by atoms with Crippen molar-refractivity contribution in [2.24, 2.45) is 4.99 Å². The molecule has 1 saturated heterocycles. The number of carbonyl (C=O) groups is 1. The Balaban J connectivity index is 1.72. The van der Waals surface area contributed by atoms with Gasteiger partial charge < -0.3 is 20.7 Å². The number of aliphatic imine (C=N–C) groups is 1. The van der Waals surface area contributed by atoms with Crippen molar-refractivity contribution in [2.45, 2.75) is 19.0 Å². The second-order valence-electron chi connectivity index (χ2n) is 5.79. The van der Waals surface area contributed by atoms with E-state index in [1.165, 1.54) is 0 Å². The van der Waals surface area contributed by atoms with Crippen LogP contribution in [0.3, 0.4) is 0 Å². The number of nitrogens with one attached hydrogen (secondary N) is 3. The SMILES string of the molecule is CN=C(NCC(=O)NCc1ccc(OC)cc1)NC1CCS(=O)(=O)C1. The van der Waals surface area contributed by atoms with Crippen LogP contribution in [-0.4, -0.2) is 58.5 Å². The molecule has 0 bridgehead atoms. The number of sulfone groups is 1. The molecule has 1 amide bonds. The van der Waals surface area contributed by atoms with Gasteiger partial charge in [0.15, 0.2) is 15.8 Å². The summed E-state index contributed by atoms with van der Waals surface area (Å²) in [6, 6.07) is 7.27. The highest BCUT2D eigenvalue weighted by molar-refractivity contribution is 7.91. The Morgan fingerprint density at radius 1 is 1.28 bits per heavy atom. The van der Waals surface area contributed by atoms with E-state index in [0.717, 1.165) is 11.3 Å². The van der Waals surface area contributed by atoms with Gasteiger partial charge in [-0.15, -0.1) is 0 Å². The van der Waals surface area contributed by atoms with E-state index in [2.05, 4.69) is 20.9 Å². The number of methoxy groups -OCH3 is 1. The first kappa shape index (κ1) is 19.0. The lowest BCUT2D eigenvalue weighted by atomic mass is 10.2. The highest BCUT2D eigenvalue weighted by Gasteiger charge is 2.28. The summed E-state index contributed by atoms with van der Waals surface area (Å²) in [6.07, 6.45) is 0.548. The number of nitrogens with zero attached hydrogens (tertiary/aromatic N) is 1. The summed E-state index contributed by atoms with van der Waals surface area (Å²) in [5, 5.41) is 8.72. The summed E-state index contributed by atoms with van der Waals surface area (Å²) in [4.78, 5) is 15.9. The van der Waals surface area contributed by atoms with Crippen LogP contribution in [0.15, 0.2) is 29.3 Å². The van der Waals surface area contributed by atoms with Gasteiger partial charge >= 0.3 is 0 Å². The Labute approximate surface area is 148 Å². The molecule has 3 N–H and O–H groups in total. The van der Waals surface area contributed by atoms with Crippen LogP contribution in [-0.2, 0) is 21.2 Å². The molecule has 1 atom stereocenters. The summed E-state index contributed by atoms with van der Waals surface area (Å²) in [6.45, 7) is 0.465. The lowest BCUT2D eigenvalue weighted by Crippen LogP contribution is -2.47. The first-order chi connectivity index (χ1) is 11.9. The van der Waals surface area contributed by atoms with Crippen LogP contribution < -0.4 is 20.7 Å². The predicted octanol–water partition coefficient (Wildman–Crippen LogP) is -0.336. The number of rotatable bonds is 6. The summed E-state index contributed by atoms with van der Waals surface area (Å²) in [7, 11) is 0.221. The van der Waals surface area contributed by atoms with Crippen molar-refractivity contribution in [3.05, 3.63) is 29.8 Å². The number of hydrogen-bond donors (Lipinski definition) is 3. The second kappa shape index (κ2) is 8.70. The number of hydrogen-bond acceptors (Lipinski definition) is 5. The van der Waals surface area contributed by atoms with Gasteiger partial charge in [-0.05, 0) is 24.1 Å². The van der Waals surface area contributed by atoms with Crippen LogP contribution in [0.5, 0.6) is 5.75 Å². The molecule has 2 rings (SSSR count). The van der Waals surface area contributed by atoms with Crippen LogP contribution in [0, 0.1) is 0 Å². The molecule has 0 radical (unpaired) electrons. The summed E-state index contributed by atoms with van der Waals surface area (Å²) in [5.74, 6) is 1.28. The largest absolute Gasteiger partial charge is 0.497 e. The molecule has 25 heavy (non-hydrogen) atoms. The van der Waals surface area contributed by atoms with E-state index in [1.54, 1.807) is 14.2 Å². The highest BCUT2D eigenvalue weighted by atomic mass is 32.2. The zero-order valence-electron chi connectivity index (χ0n) is 14.4. The Morgan fingerprint density at radius 2 is 2.00 bits per heavy atom. The fourth-order valence-electron chi connectivity index (χ4n) is 2.47. The minimum absolute atomic E-state index is 0.0509. The van der Waals surface area contributed by atoms with E-state index in [4.69, 9.17) is 4.74 Å². The fourth-order valence-corrected chi connectivity index (χ4v) is 4.14. The fraction of sp³-hybridized carbons (Fsp3) is 0.500. The molecule has 1 aromatic carbocycles. The average molecular weight is 368 g/mol.